The van der Waals surface area contributed by atoms with Crippen molar-refractivity contribution < 1.29 is 8.78 Å². The number of allylic oxidation sites excluding steroid dienone is 1. The molecule has 0 bridgehead atoms. The van der Waals surface area contributed by atoms with Crippen LogP contribution in [0.15, 0.2) is 42.5 Å². The van der Waals surface area contributed by atoms with Gasteiger partial charge < -0.3 is 11.1 Å². The molecule has 4 N–H and O–H groups in total. The Bertz CT molecular complexity index is 1080. The first kappa shape index (κ1) is 18.2. The molecule has 2 aromatic carbocycles. The van der Waals surface area contributed by atoms with Gasteiger partial charge in [0.15, 0.2) is 5.82 Å². The van der Waals surface area contributed by atoms with E-state index in [1.165, 1.54) is 18.2 Å². The third-order valence-corrected chi connectivity index (χ3v) is 4.90. The number of aryl methyl sites for hydroxylation is 1. The molecule has 1 aliphatic rings. The third-order valence-electron chi connectivity index (χ3n) is 4.90. The maximum Gasteiger partial charge on any atom is 0.184 e. The summed E-state index contributed by atoms with van der Waals surface area (Å²) in [6.07, 6.45) is 4.95. The second-order valence-corrected chi connectivity index (χ2v) is 7.11. The summed E-state index contributed by atoms with van der Waals surface area (Å²) in [7, 11) is 0. The molecule has 0 saturated heterocycles. The highest BCUT2D eigenvalue weighted by molar-refractivity contribution is 6.10. The lowest BCUT2D eigenvalue weighted by atomic mass is 9.99. The van der Waals surface area contributed by atoms with Crippen molar-refractivity contribution in [2.75, 3.05) is 0 Å². The van der Waals surface area contributed by atoms with E-state index < -0.39 is 11.4 Å². The molecule has 5 nitrogen and oxygen atoms in total. The second-order valence-electron chi connectivity index (χ2n) is 7.11. The highest BCUT2D eigenvalue weighted by Crippen LogP contribution is 2.41. The number of nitrogens with zero attached hydrogens (tertiary/aromatic N) is 2. The molecule has 1 aromatic heterocycles. The van der Waals surface area contributed by atoms with Crippen molar-refractivity contribution in [3.8, 4) is 11.4 Å². The molecule has 0 aliphatic heterocycles. The lowest BCUT2D eigenvalue weighted by Crippen LogP contribution is -2.20. The van der Waals surface area contributed by atoms with Gasteiger partial charge in [0.2, 0.25) is 0 Å². The Hall–Kier alpha value is -3.19. The van der Waals surface area contributed by atoms with E-state index >= 15 is 0 Å². The number of benzene rings is 2. The Labute approximate surface area is 160 Å². The molecule has 0 spiro atoms. The molecular formula is C21H19F2N5. The van der Waals surface area contributed by atoms with Gasteiger partial charge in [-0.3, -0.25) is 5.10 Å². The summed E-state index contributed by atoms with van der Waals surface area (Å²) in [5.74, 6) is 0.00246. The van der Waals surface area contributed by atoms with Crippen LogP contribution in [0.2, 0.25) is 0 Å². The van der Waals surface area contributed by atoms with Crippen molar-refractivity contribution in [1.29, 1.82) is 5.41 Å². The number of aromatic nitrogens is 3. The quantitative estimate of drug-likeness (QED) is 0.583. The van der Waals surface area contributed by atoms with Crippen molar-refractivity contribution in [1.82, 2.24) is 15.2 Å². The zero-order chi connectivity index (χ0) is 19.9. The molecule has 28 heavy (non-hydrogen) atoms. The summed E-state index contributed by atoms with van der Waals surface area (Å²) in [6.45, 7) is 1.74. The molecule has 1 saturated carbocycles. The number of rotatable bonds is 5. The second kappa shape index (κ2) is 6.76. The smallest absolute Gasteiger partial charge is 0.184 e. The summed E-state index contributed by atoms with van der Waals surface area (Å²) in [5, 5.41) is 15.3. The Morgan fingerprint density at radius 3 is 2.61 bits per heavy atom. The Morgan fingerprint density at radius 2 is 1.93 bits per heavy atom. The number of nitrogens with one attached hydrogen (secondary N) is 2. The minimum absolute atomic E-state index is 0.205. The minimum atomic E-state index is -0.486. The Balaban J connectivity index is 1.64. The van der Waals surface area contributed by atoms with Crippen LogP contribution in [-0.4, -0.2) is 20.9 Å². The van der Waals surface area contributed by atoms with Crippen LogP contribution in [0.5, 0.6) is 0 Å². The van der Waals surface area contributed by atoms with Gasteiger partial charge in [-0.25, -0.2) is 13.8 Å². The van der Waals surface area contributed by atoms with E-state index in [1.807, 2.05) is 0 Å². The molecule has 1 heterocycles. The summed E-state index contributed by atoms with van der Waals surface area (Å²) in [6, 6.07) is 8.90. The van der Waals surface area contributed by atoms with Crippen molar-refractivity contribution in [2.45, 2.75) is 25.3 Å². The van der Waals surface area contributed by atoms with E-state index in [0.717, 1.165) is 18.4 Å². The summed E-state index contributed by atoms with van der Waals surface area (Å²) < 4.78 is 27.5. The lowest BCUT2D eigenvalue weighted by Gasteiger charge is -2.08. The monoisotopic (exact) mass is 379 g/mol. The first-order valence-corrected chi connectivity index (χ1v) is 8.90. The van der Waals surface area contributed by atoms with Crippen LogP contribution in [0.1, 0.15) is 35.4 Å². The van der Waals surface area contributed by atoms with Crippen LogP contribution in [0.4, 0.5) is 8.78 Å². The van der Waals surface area contributed by atoms with Gasteiger partial charge in [0, 0.05) is 5.56 Å². The van der Waals surface area contributed by atoms with Crippen molar-refractivity contribution in [3.05, 3.63) is 76.6 Å². The molecule has 0 atom stereocenters. The first-order valence-electron chi connectivity index (χ1n) is 8.90. The fraction of sp³-hybridized carbons (Fsp3) is 0.190. The van der Waals surface area contributed by atoms with Gasteiger partial charge in [0.25, 0.3) is 0 Å². The average molecular weight is 379 g/mol. The molecule has 1 aliphatic carbocycles. The van der Waals surface area contributed by atoms with Gasteiger partial charge in [-0.15, -0.1) is 0 Å². The minimum Gasteiger partial charge on any atom is -0.319 e. The van der Waals surface area contributed by atoms with Crippen LogP contribution in [0.25, 0.3) is 17.5 Å². The average Bonchev–Trinajstić information content (AvgIpc) is 3.22. The number of halogens is 2. The van der Waals surface area contributed by atoms with Gasteiger partial charge >= 0.3 is 0 Å². The topological polar surface area (TPSA) is 91.4 Å². The van der Waals surface area contributed by atoms with Crippen LogP contribution in [0, 0.1) is 24.0 Å². The standard InChI is InChI=1S/C21H19F2N5/c1-12-10-17(23)16(19-26-20(28-27-19)21(25)8-9-21)11-15(12)18(24)7-4-13-2-5-14(22)6-3-13/h2-7,10-11,24H,8-9,25H2,1H3,(H,26,27,28)/b7-4+,24-18?. The van der Waals surface area contributed by atoms with E-state index in [-0.39, 0.29) is 22.9 Å². The van der Waals surface area contributed by atoms with E-state index in [0.29, 0.717) is 17.0 Å². The predicted molar refractivity (Wildman–Crippen MR) is 104 cm³/mol. The maximum absolute atomic E-state index is 14.5. The SMILES string of the molecule is Cc1cc(F)c(-c2n[nH]c(C3(N)CC3)n2)cc1C(=N)/C=C/c1ccc(F)cc1. The zero-order valence-electron chi connectivity index (χ0n) is 15.3. The van der Waals surface area contributed by atoms with Gasteiger partial charge in [-0.1, -0.05) is 18.2 Å². The number of hydrogen-bond acceptors (Lipinski definition) is 4. The number of aromatic amines is 1. The predicted octanol–water partition coefficient (Wildman–Crippen LogP) is 4.09. The zero-order valence-corrected chi connectivity index (χ0v) is 15.3. The molecule has 142 valence electrons. The van der Waals surface area contributed by atoms with Gasteiger partial charge in [-0.05, 0) is 61.2 Å². The van der Waals surface area contributed by atoms with Gasteiger partial charge in [0.05, 0.1) is 16.8 Å². The first-order chi connectivity index (χ1) is 13.4. The van der Waals surface area contributed by atoms with E-state index in [2.05, 4.69) is 15.2 Å². The molecule has 7 heteroatoms. The van der Waals surface area contributed by atoms with E-state index in [4.69, 9.17) is 11.1 Å². The Kier molecular flexibility index (Phi) is 4.39. The van der Waals surface area contributed by atoms with Gasteiger partial charge in [0.1, 0.15) is 17.5 Å². The normalized spacial score (nSPS) is 15.1. The van der Waals surface area contributed by atoms with Crippen LogP contribution in [0.3, 0.4) is 0 Å². The number of hydrogen-bond donors (Lipinski definition) is 3. The van der Waals surface area contributed by atoms with Crippen molar-refractivity contribution in [2.24, 2.45) is 5.73 Å². The van der Waals surface area contributed by atoms with Crippen molar-refractivity contribution >= 4 is 11.8 Å². The molecule has 1 fully saturated rings. The molecule has 3 aromatic rings. The van der Waals surface area contributed by atoms with Crippen LogP contribution < -0.4 is 5.73 Å². The van der Waals surface area contributed by atoms with E-state index in [9.17, 15) is 8.78 Å². The largest absolute Gasteiger partial charge is 0.319 e. The van der Waals surface area contributed by atoms with Crippen LogP contribution >= 0.6 is 0 Å². The summed E-state index contributed by atoms with van der Waals surface area (Å²) in [4.78, 5) is 4.35. The fourth-order valence-electron chi connectivity index (χ4n) is 2.95. The fourth-order valence-corrected chi connectivity index (χ4v) is 2.95. The molecular weight excluding hydrogens is 360 g/mol. The number of H-pyrrole nitrogens is 1. The Morgan fingerprint density at radius 1 is 1.21 bits per heavy atom. The maximum atomic E-state index is 14.5. The lowest BCUT2D eigenvalue weighted by molar-refractivity contribution is 0.627. The number of nitrogens with two attached hydrogens (primary N) is 1. The van der Waals surface area contributed by atoms with Gasteiger partial charge in [-0.2, -0.15) is 5.10 Å². The van der Waals surface area contributed by atoms with E-state index in [1.54, 1.807) is 37.3 Å². The molecule has 0 amide bonds. The molecule has 0 unspecified atom stereocenters. The highest BCUT2D eigenvalue weighted by atomic mass is 19.1. The molecule has 4 rings (SSSR count). The summed E-state index contributed by atoms with van der Waals surface area (Å²) >= 11 is 0. The molecule has 0 radical (unpaired) electrons. The third kappa shape index (κ3) is 3.48. The van der Waals surface area contributed by atoms with Crippen LogP contribution in [-0.2, 0) is 5.54 Å². The van der Waals surface area contributed by atoms with Crippen molar-refractivity contribution in [3.63, 3.8) is 0 Å². The summed E-state index contributed by atoms with van der Waals surface area (Å²) in [5.41, 5.74) is 8.00. The highest BCUT2D eigenvalue weighted by Gasteiger charge is 2.43.